The van der Waals surface area contributed by atoms with E-state index in [1.54, 1.807) is 24.6 Å². The first-order valence-corrected chi connectivity index (χ1v) is 13.0. The molecule has 184 valence electrons. The third-order valence-corrected chi connectivity index (χ3v) is 8.64. The minimum Gasteiger partial charge on any atom is -0.497 e. The molecule has 6 rings (SSSR count). The van der Waals surface area contributed by atoms with E-state index in [2.05, 4.69) is 45.2 Å². The van der Waals surface area contributed by atoms with Gasteiger partial charge >= 0.3 is 5.97 Å². The maximum atomic E-state index is 13.1. The third kappa shape index (κ3) is 4.05. The zero-order chi connectivity index (χ0) is 24.9. The molecule has 2 N–H and O–H groups in total. The maximum Gasteiger partial charge on any atom is 0.306 e. The molecule has 8 heteroatoms. The zero-order valence-corrected chi connectivity index (χ0v) is 20.8. The van der Waals surface area contributed by atoms with Crippen LogP contribution in [-0.2, 0) is 11.3 Å². The lowest BCUT2D eigenvalue weighted by Crippen LogP contribution is -2.57. The van der Waals surface area contributed by atoms with Crippen LogP contribution in [0.3, 0.4) is 0 Å². The number of nitrogens with zero attached hydrogens (tertiary/aromatic N) is 2. The lowest BCUT2D eigenvalue weighted by Gasteiger charge is -2.56. The van der Waals surface area contributed by atoms with Crippen LogP contribution in [0.2, 0.25) is 0 Å². The van der Waals surface area contributed by atoms with Crippen LogP contribution in [0.1, 0.15) is 41.6 Å². The summed E-state index contributed by atoms with van der Waals surface area (Å²) in [5.74, 6) is -0.172. The maximum absolute atomic E-state index is 13.1. The van der Waals surface area contributed by atoms with Gasteiger partial charge in [0.2, 0.25) is 0 Å². The van der Waals surface area contributed by atoms with Gasteiger partial charge in [0.05, 0.1) is 34.5 Å². The normalized spacial score (nSPS) is 22.7. The van der Waals surface area contributed by atoms with Gasteiger partial charge in [0.25, 0.3) is 5.91 Å². The number of carbonyl (C=O) groups excluding carboxylic acids is 1. The van der Waals surface area contributed by atoms with Gasteiger partial charge < -0.3 is 19.7 Å². The Bertz CT molecular complexity index is 1440. The number of carboxylic acid groups (broad SMARTS) is 1. The smallest absolute Gasteiger partial charge is 0.306 e. The number of aromatic nitrogens is 2. The van der Waals surface area contributed by atoms with Gasteiger partial charge in [0, 0.05) is 42.0 Å². The molecule has 2 saturated carbocycles. The summed E-state index contributed by atoms with van der Waals surface area (Å²) < 4.78 is 8.52. The van der Waals surface area contributed by atoms with E-state index in [9.17, 15) is 9.59 Å². The van der Waals surface area contributed by atoms with Crippen LogP contribution >= 0.6 is 11.3 Å². The summed E-state index contributed by atoms with van der Waals surface area (Å²) in [7, 11) is 1.65. The number of carboxylic acids is 1. The molecule has 0 saturated heterocycles. The summed E-state index contributed by atoms with van der Waals surface area (Å²) in [6.07, 6.45) is 7.02. The van der Waals surface area contributed by atoms with Gasteiger partial charge in [-0.1, -0.05) is 24.3 Å². The predicted molar refractivity (Wildman–Crippen MR) is 138 cm³/mol. The van der Waals surface area contributed by atoms with Gasteiger partial charge in [-0.05, 0) is 48.8 Å². The van der Waals surface area contributed by atoms with Crippen molar-refractivity contribution in [1.29, 1.82) is 0 Å². The molecule has 2 aliphatic carbocycles. The molecule has 0 atom stereocenters. The zero-order valence-electron chi connectivity index (χ0n) is 19.9. The number of fused-ring (bicyclic) bond motifs is 1. The highest BCUT2D eigenvalue weighted by molar-refractivity contribution is 7.17. The summed E-state index contributed by atoms with van der Waals surface area (Å²) in [5.41, 5.74) is 4.81. The number of amides is 1. The highest BCUT2D eigenvalue weighted by Crippen LogP contribution is 2.58. The first kappa shape index (κ1) is 22.8. The number of carbonyl (C=O) groups is 2. The Labute approximate surface area is 212 Å². The minimum absolute atomic E-state index is 0.0467. The molecular formula is C28H27N3O4S. The van der Waals surface area contributed by atoms with Crippen LogP contribution in [0.15, 0.2) is 60.2 Å². The molecule has 1 spiro atoms. The van der Waals surface area contributed by atoms with Crippen molar-refractivity contribution in [2.24, 2.45) is 11.3 Å². The summed E-state index contributed by atoms with van der Waals surface area (Å²) in [6, 6.07) is 14.2. The Morgan fingerprint density at radius 3 is 2.67 bits per heavy atom. The first-order chi connectivity index (χ1) is 17.4. The van der Waals surface area contributed by atoms with Gasteiger partial charge in [-0.15, -0.1) is 11.3 Å². The third-order valence-electron chi connectivity index (χ3n) is 7.70. The molecule has 0 aliphatic heterocycles. The molecule has 1 aromatic carbocycles. The van der Waals surface area contributed by atoms with Crippen LogP contribution in [0, 0.1) is 11.3 Å². The summed E-state index contributed by atoms with van der Waals surface area (Å²) in [6.45, 7) is 0.662. The summed E-state index contributed by atoms with van der Waals surface area (Å²) in [5, 5.41) is 14.3. The van der Waals surface area contributed by atoms with Crippen LogP contribution in [-0.4, -0.2) is 39.7 Å². The van der Waals surface area contributed by atoms with Gasteiger partial charge in [0.15, 0.2) is 0 Å². The fourth-order valence-corrected chi connectivity index (χ4v) is 6.77. The van der Waals surface area contributed by atoms with Gasteiger partial charge in [-0.2, -0.15) is 0 Å². The summed E-state index contributed by atoms with van der Waals surface area (Å²) >= 11 is 1.58. The monoisotopic (exact) mass is 501 g/mol. The standard InChI is InChI=1S/C28H27N3O4S/c1-35-21-6-8-29-23(10-21)18-4-2-17(3-5-18)15-31-9-7-24-25(31)22(16-36-24)26(32)30-20-13-28(14-20)11-19(12-28)27(33)34/h2-10,16,19-20H,11-15H2,1H3,(H,30,32)(H,33,34). The lowest BCUT2D eigenvalue weighted by molar-refractivity contribution is -0.155. The number of thiophene rings is 1. The van der Waals surface area contributed by atoms with Crippen LogP contribution in [0.25, 0.3) is 21.5 Å². The number of hydrogen-bond acceptors (Lipinski definition) is 5. The highest BCUT2D eigenvalue weighted by Gasteiger charge is 2.55. The molecule has 3 heterocycles. The number of methoxy groups -OCH3 is 1. The SMILES string of the molecule is COc1ccnc(-c2ccc(Cn3ccc4scc(C(=O)NC5CC6(C5)CC(C(=O)O)C6)c43)cc2)c1. The molecule has 2 aliphatic rings. The Hall–Kier alpha value is -3.65. The van der Waals surface area contributed by atoms with Crippen LogP contribution in [0.5, 0.6) is 5.75 Å². The van der Waals surface area contributed by atoms with E-state index in [0.29, 0.717) is 12.1 Å². The van der Waals surface area contributed by atoms with E-state index >= 15 is 0 Å². The molecule has 0 bridgehead atoms. The van der Waals surface area contributed by atoms with Crippen molar-refractivity contribution in [3.63, 3.8) is 0 Å². The van der Waals surface area contributed by atoms with Gasteiger partial charge in [0.1, 0.15) is 5.75 Å². The van der Waals surface area contributed by atoms with Gasteiger partial charge in [-0.3, -0.25) is 14.6 Å². The first-order valence-electron chi connectivity index (χ1n) is 12.1. The molecule has 36 heavy (non-hydrogen) atoms. The fraction of sp³-hybridized carbons (Fsp3) is 0.321. The predicted octanol–water partition coefficient (Wildman–Crippen LogP) is 5.19. The van der Waals surface area contributed by atoms with E-state index in [-0.39, 0.29) is 23.3 Å². The number of pyridine rings is 1. The molecule has 3 aromatic heterocycles. The van der Waals surface area contributed by atoms with E-state index in [4.69, 9.17) is 9.84 Å². The number of aliphatic carboxylic acids is 1. The number of benzene rings is 1. The van der Waals surface area contributed by atoms with Crippen molar-refractivity contribution >= 4 is 33.4 Å². The number of hydrogen-bond donors (Lipinski definition) is 2. The van der Waals surface area contributed by atoms with Crippen molar-refractivity contribution in [2.45, 2.75) is 38.3 Å². The Morgan fingerprint density at radius 2 is 1.94 bits per heavy atom. The second kappa shape index (κ2) is 8.78. The van der Waals surface area contributed by atoms with Crippen LogP contribution in [0.4, 0.5) is 0 Å². The summed E-state index contributed by atoms with van der Waals surface area (Å²) in [4.78, 5) is 28.7. The highest BCUT2D eigenvalue weighted by atomic mass is 32.1. The van der Waals surface area contributed by atoms with E-state index < -0.39 is 5.97 Å². The number of nitrogens with one attached hydrogen (secondary N) is 1. The average Bonchev–Trinajstić information content (AvgIpc) is 3.43. The second-order valence-electron chi connectivity index (χ2n) is 10.1. The Balaban J connectivity index is 1.13. The molecule has 7 nitrogen and oxygen atoms in total. The number of ether oxygens (including phenoxy) is 1. The molecule has 0 unspecified atom stereocenters. The quantitative estimate of drug-likeness (QED) is 0.363. The lowest BCUT2D eigenvalue weighted by atomic mass is 9.50. The molecule has 0 radical (unpaired) electrons. The minimum atomic E-state index is -0.693. The van der Waals surface area contributed by atoms with Crippen molar-refractivity contribution in [3.8, 4) is 17.0 Å². The average molecular weight is 502 g/mol. The number of rotatable bonds is 7. The van der Waals surface area contributed by atoms with Crippen molar-refractivity contribution in [3.05, 3.63) is 71.4 Å². The Kier molecular flexibility index (Phi) is 5.56. The van der Waals surface area contributed by atoms with E-state index in [0.717, 1.165) is 58.5 Å². The van der Waals surface area contributed by atoms with Crippen molar-refractivity contribution < 1.29 is 19.4 Å². The van der Waals surface area contributed by atoms with Gasteiger partial charge in [-0.25, -0.2) is 0 Å². The Morgan fingerprint density at radius 1 is 1.17 bits per heavy atom. The topological polar surface area (TPSA) is 93.5 Å². The van der Waals surface area contributed by atoms with Crippen molar-refractivity contribution in [2.75, 3.05) is 7.11 Å². The molecule has 2 fully saturated rings. The largest absolute Gasteiger partial charge is 0.497 e. The second-order valence-corrected chi connectivity index (χ2v) is 11.0. The molecular weight excluding hydrogens is 474 g/mol. The van der Waals surface area contributed by atoms with E-state index in [1.807, 2.05) is 23.7 Å². The molecule has 4 aromatic rings. The van der Waals surface area contributed by atoms with Crippen LogP contribution < -0.4 is 10.1 Å². The van der Waals surface area contributed by atoms with E-state index in [1.165, 1.54) is 0 Å². The molecule has 1 amide bonds. The van der Waals surface area contributed by atoms with Crippen molar-refractivity contribution in [1.82, 2.24) is 14.9 Å². The fourth-order valence-electron chi connectivity index (χ4n) is 5.82.